The van der Waals surface area contributed by atoms with Gasteiger partial charge in [0.05, 0.1) is 6.04 Å². The number of benzene rings is 1. The van der Waals surface area contributed by atoms with Gasteiger partial charge in [-0.2, -0.15) is 0 Å². The number of hydrogen-bond acceptors (Lipinski definition) is 4. The van der Waals surface area contributed by atoms with Crippen molar-refractivity contribution in [3.63, 3.8) is 0 Å². The molecule has 90 valence electrons. The summed E-state index contributed by atoms with van der Waals surface area (Å²) in [5.74, 6) is 0. The van der Waals surface area contributed by atoms with Crippen molar-refractivity contribution in [2.45, 2.75) is 33.2 Å². The van der Waals surface area contributed by atoms with Gasteiger partial charge in [-0.1, -0.05) is 35.5 Å². The summed E-state index contributed by atoms with van der Waals surface area (Å²) in [4.78, 5) is 0. The summed E-state index contributed by atoms with van der Waals surface area (Å²) >= 11 is 1.59. The number of nitrogens with two attached hydrogens (primary N) is 1. The van der Waals surface area contributed by atoms with Crippen molar-refractivity contribution in [2.75, 3.05) is 0 Å². The fourth-order valence-corrected chi connectivity index (χ4v) is 2.69. The first-order valence-electron chi connectivity index (χ1n) is 5.77. The van der Waals surface area contributed by atoms with Gasteiger partial charge in [0, 0.05) is 5.56 Å². The summed E-state index contributed by atoms with van der Waals surface area (Å²) < 4.78 is 0. The Labute approximate surface area is 106 Å². The molecule has 1 atom stereocenters. The molecule has 0 bridgehead atoms. The quantitative estimate of drug-likeness (QED) is 0.906. The van der Waals surface area contributed by atoms with E-state index in [1.807, 2.05) is 0 Å². The number of rotatable bonds is 3. The first-order valence-corrected chi connectivity index (χ1v) is 6.59. The van der Waals surface area contributed by atoms with Crippen LogP contribution in [-0.2, 0) is 0 Å². The second-order valence-corrected chi connectivity index (χ2v) is 5.35. The third-order valence-corrected chi connectivity index (χ3v) is 3.77. The van der Waals surface area contributed by atoms with Crippen molar-refractivity contribution in [1.82, 2.24) is 10.2 Å². The van der Waals surface area contributed by atoms with Gasteiger partial charge in [-0.05, 0) is 32.4 Å². The molecular formula is C13H17N3S. The first-order chi connectivity index (χ1) is 8.10. The molecule has 3 nitrogen and oxygen atoms in total. The molecule has 4 heteroatoms. The number of aryl methyl sites for hydroxylation is 2. The van der Waals surface area contributed by atoms with Crippen molar-refractivity contribution < 1.29 is 0 Å². The first kappa shape index (κ1) is 12.2. The van der Waals surface area contributed by atoms with Gasteiger partial charge in [-0.3, -0.25) is 0 Å². The Morgan fingerprint density at radius 3 is 2.41 bits per heavy atom. The lowest BCUT2D eigenvalue weighted by atomic mass is 10.1. The summed E-state index contributed by atoms with van der Waals surface area (Å²) in [5, 5.41) is 10.3. The zero-order valence-corrected chi connectivity index (χ0v) is 11.2. The Balaban J connectivity index is 2.36. The molecule has 0 spiro atoms. The SMILES string of the molecule is CCC(N)c1nnc(-c2cc(C)cc(C)c2)s1. The van der Waals surface area contributed by atoms with E-state index in [1.165, 1.54) is 11.1 Å². The third-order valence-electron chi connectivity index (χ3n) is 2.67. The topological polar surface area (TPSA) is 51.8 Å². The van der Waals surface area contributed by atoms with E-state index in [2.05, 4.69) is 49.2 Å². The standard InChI is InChI=1S/C13H17N3S/c1-4-11(14)13-16-15-12(17-13)10-6-8(2)5-9(3)7-10/h5-7,11H,4,14H2,1-3H3. The van der Waals surface area contributed by atoms with Crippen LogP contribution in [0.2, 0.25) is 0 Å². The molecule has 2 aromatic rings. The second-order valence-electron chi connectivity index (χ2n) is 4.34. The average Bonchev–Trinajstić information content (AvgIpc) is 2.76. The maximum Gasteiger partial charge on any atom is 0.147 e. The van der Waals surface area contributed by atoms with Crippen molar-refractivity contribution in [2.24, 2.45) is 5.73 Å². The molecule has 0 saturated heterocycles. The van der Waals surface area contributed by atoms with Crippen LogP contribution < -0.4 is 5.73 Å². The molecule has 2 N–H and O–H groups in total. The highest BCUT2D eigenvalue weighted by atomic mass is 32.1. The fourth-order valence-electron chi connectivity index (χ4n) is 1.77. The summed E-state index contributed by atoms with van der Waals surface area (Å²) in [6.07, 6.45) is 0.890. The van der Waals surface area contributed by atoms with Crippen LogP contribution >= 0.6 is 11.3 Å². The van der Waals surface area contributed by atoms with E-state index in [9.17, 15) is 0 Å². The Hall–Kier alpha value is -1.26. The van der Waals surface area contributed by atoms with Crippen LogP contribution in [0.1, 0.15) is 35.5 Å². The minimum atomic E-state index is 0.00663. The van der Waals surface area contributed by atoms with Gasteiger partial charge >= 0.3 is 0 Å². The van der Waals surface area contributed by atoms with E-state index in [0.717, 1.165) is 22.0 Å². The Morgan fingerprint density at radius 1 is 1.18 bits per heavy atom. The predicted octanol–water partition coefficient (Wildman–Crippen LogP) is 3.23. The minimum absolute atomic E-state index is 0.00663. The molecule has 0 amide bonds. The lowest BCUT2D eigenvalue weighted by molar-refractivity contribution is 0.683. The minimum Gasteiger partial charge on any atom is -0.322 e. The third kappa shape index (κ3) is 2.70. The van der Waals surface area contributed by atoms with Gasteiger partial charge in [-0.25, -0.2) is 0 Å². The van der Waals surface area contributed by atoms with E-state index >= 15 is 0 Å². The van der Waals surface area contributed by atoms with Gasteiger partial charge in [0.15, 0.2) is 0 Å². The molecule has 0 radical (unpaired) electrons. The summed E-state index contributed by atoms with van der Waals surface area (Å²) in [7, 11) is 0. The van der Waals surface area contributed by atoms with Crippen molar-refractivity contribution >= 4 is 11.3 Å². The van der Waals surface area contributed by atoms with E-state index in [0.29, 0.717) is 0 Å². The van der Waals surface area contributed by atoms with Crippen LogP contribution in [-0.4, -0.2) is 10.2 Å². The van der Waals surface area contributed by atoms with Crippen molar-refractivity contribution in [3.05, 3.63) is 34.3 Å². The van der Waals surface area contributed by atoms with Crippen LogP contribution in [0.4, 0.5) is 0 Å². The monoisotopic (exact) mass is 247 g/mol. The van der Waals surface area contributed by atoms with Crippen LogP contribution in [0.5, 0.6) is 0 Å². The van der Waals surface area contributed by atoms with Crippen LogP contribution in [0.15, 0.2) is 18.2 Å². The molecule has 17 heavy (non-hydrogen) atoms. The molecule has 0 fully saturated rings. The van der Waals surface area contributed by atoms with Gasteiger partial charge in [0.1, 0.15) is 10.0 Å². The molecule has 0 aliphatic carbocycles. The van der Waals surface area contributed by atoms with E-state index in [4.69, 9.17) is 5.73 Å². The Kier molecular flexibility index (Phi) is 3.54. The molecule has 0 aliphatic heterocycles. The highest BCUT2D eigenvalue weighted by Gasteiger charge is 2.12. The van der Waals surface area contributed by atoms with Crippen LogP contribution in [0.25, 0.3) is 10.6 Å². The lowest BCUT2D eigenvalue weighted by Gasteiger charge is -2.02. The number of hydrogen-bond donors (Lipinski definition) is 1. The normalized spacial score (nSPS) is 12.7. The largest absolute Gasteiger partial charge is 0.322 e. The maximum absolute atomic E-state index is 5.95. The molecular weight excluding hydrogens is 230 g/mol. The molecule has 1 aromatic carbocycles. The predicted molar refractivity (Wildman–Crippen MR) is 72.0 cm³/mol. The summed E-state index contributed by atoms with van der Waals surface area (Å²) in [5.41, 5.74) is 9.58. The average molecular weight is 247 g/mol. The summed E-state index contributed by atoms with van der Waals surface area (Å²) in [6, 6.07) is 6.43. The number of nitrogens with zero attached hydrogens (tertiary/aromatic N) is 2. The van der Waals surface area contributed by atoms with Gasteiger partial charge in [0.2, 0.25) is 0 Å². The molecule has 0 aliphatic rings. The summed E-state index contributed by atoms with van der Waals surface area (Å²) in [6.45, 7) is 6.25. The van der Waals surface area contributed by atoms with Crippen LogP contribution in [0, 0.1) is 13.8 Å². The lowest BCUT2D eigenvalue weighted by Crippen LogP contribution is -2.07. The maximum atomic E-state index is 5.95. The molecule has 2 rings (SSSR count). The molecule has 1 aromatic heterocycles. The Morgan fingerprint density at radius 2 is 1.82 bits per heavy atom. The molecule has 0 saturated carbocycles. The van der Waals surface area contributed by atoms with Crippen LogP contribution in [0.3, 0.4) is 0 Å². The van der Waals surface area contributed by atoms with E-state index in [-0.39, 0.29) is 6.04 Å². The zero-order chi connectivity index (χ0) is 12.4. The second kappa shape index (κ2) is 4.94. The fraction of sp³-hybridized carbons (Fsp3) is 0.385. The molecule has 1 unspecified atom stereocenters. The van der Waals surface area contributed by atoms with Gasteiger partial charge in [-0.15, -0.1) is 10.2 Å². The smallest absolute Gasteiger partial charge is 0.147 e. The highest BCUT2D eigenvalue weighted by molar-refractivity contribution is 7.14. The van der Waals surface area contributed by atoms with Crippen molar-refractivity contribution in [3.8, 4) is 10.6 Å². The van der Waals surface area contributed by atoms with Gasteiger partial charge in [0.25, 0.3) is 0 Å². The van der Waals surface area contributed by atoms with Crippen molar-refractivity contribution in [1.29, 1.82) is 0 Å². The Bertz CT molecular complexity index is 499. The zero-order valence-electron chi connectivity index (χ0n) is 10.4. The molecule has 1 heterocycles. The highest BCUT2D eigenvalue weighted by Crippen LogP contribution is 2.28. The van der Waals surface area contributed by atoms with Gasteiger partial charge < -0.3 is 5.73 Å². The van der Waals surface area contributed by atoms with E-state index < -0.39 is 0 Å². The van der Waals surface area contributed by atoms with E-state index in [1.54, 1.807) is 11.3 Å². The number of aromatic nitrogens is 2.